The monoisotopic (exact) mass is 317 g/mol. The van der Waals surface area contributed by atoms with Crippen molar-refractivity contribution < 1.29 is 0 Å². The molecule has 0 aliphatic heterocycles. The molecule has 0 spiro atoms. The molecule has 1 N–H and O–H groups in total. The van der Waals surface area contributed by atoms with Crippen LogP contribution in [0.25, 0.3) is 11.0 Å². The number of aryl methyl sites for hydroxylation is 1. The van der Waals surface area contributed by atoms with Crippen LogP contribution in [0, 0.1) is 3.57 Å². The molecular formula is C10H12IN3O. The second-order valence-electron chi connectivity index (χ2n) is 3.45. The first-order valence-corrected chi connectivity index (χ1v) is 6.04. The first-order chi connectivity index (χ1) is 7.24. The van der Waals surface area contributed by atoms with Crippen LogP contribution in [-0.4, -0.2) is 14.8 Å². The lowest BCUT2D eigenvalue weighted by atomic mass is 10.3. The predicted octanol–water partition coefficient (Wildman–Crippen LogP) is 2.13. The molecule has 80 valence electrons. The summed E-state index contributed by atoms with van der Waals surface area (Å²) in [6.45, 7) is 2.99. The maximum atomic E-state index is 11.7. The molecule has 0 atom stereocenters. The van der Waals surface area contributed by atoms with Gasteiger partial charge in [-0.2, -0.15) is 5.10 Å². The van der Waals surface area contributed by atoms with Crippen molar-refractivity contribution in [2.75, 3.05) is 0 Å². The fraction of sp³-hybridized carbons (Fsp3) is 0.400. The molecule has 0 aliphatic rings. The number of halogens is 1. The molecule has 2 rings (SSSR count). The van der Waals surface area contributed by atoms with Crippen LogP contribution in [0.1, 0.15) is 19.8 Å². The van der Waals surface area contributed by atoms with Crippen molar-refractivity contribution in [1.82, 2.24) is 14.8 Å². The fourth-order valence-electron chi connectivity index (χ4n) is 1.51. The Hall–Kier alpha value is -0.850. The van der Waals surface area contributed by atoms with Gasteiger partial charge in [-0.1, -0.05) is 13.3 Å². The first-order valence-electron chi connectivity index (χ1n) is 4.96. The van der Waals surface area contributed by atoms with E-state index in [0.29, 0.717) is 8.96 Å². The van der Waals surface area contributed by atoms with Crippen molar-refractivity contribution in [1.29, 1.82) is 0 Å². The van der Waals surface area contributed by atoms with Crippen LogP contribution < -0.4 is 5.43 Å². The van der Waals surface area contributed by atoms with Crippen molar-refractivity contribution in [3.05, 3.63) is 26.2 Å². The second kappa shape index (κ2) is 4.34. The highest BCUT2D eigenvalue weighted by Crippen LogP contribution is 2.09. The number of hydrogen-bond acceptors (Lipinski definition) is 2. The summed E-state index contributed by atoms with van der Waals surface area (Å²) in [5.41, 5.74) is 0.890. The van der Waals surface area contributed by atoms with Gasteiger partial charge in [0.2, 0.25) is 5.43 Å². The van der Waals surface area contributed by atoms with Crippen molar-refractivity contribution in [3.8, 4) is 0 Å². The Morgan fingerprint density at radius 1 is 1.60 bits per heavy atom. The van der Waals surface area contributed by atoms with Gasteiger partial charge < -0.3 is 4.98 Å². The number of nitrogens with zero attached hydrogens (tertiary/aromatic N) is 2. The van der Waals surface area contributed by atoms with Gasteiger partial charge >= 0.3 is 0 Å². The van der Waals surface area contributed by atoms with E-state index in [1.165, 1.54) is 0 Å². The molecular weight excluding hydrogens is 305 g/mol. The minimum Gasteiger partial charge on any atom is -0.345 e. The molecule has 4 nitrogen and oxygen atoms in total. The van der Waals surface area contributed by atoms with E-state index in [1.807, 2.05) is 27.3 Å². The maximum Gasteiger partial charge on any atom is 0.205 e. The lowest BCUT2D eigenvalue weighted by molar-refractivity contribution is 0.584. The molecule has 5 heteroatoms. The van der Waals surface area contributed by atoms with Crippen molar-refractivity contribution in [3.63, 3.8) is 0 Å². The number of hydrogen-bond donors (Lipinski definition) is 1. The Balaban J connectivity index is 2.52. The van der Waals surface area contributed by atoms with E-state index in [1.54, 1.807) is 12.4 Å². The summed E-state index contributed by atoms with van der Waals surface area (Å²) >= 11 is 2.03. The third kappa shape index (κ3) is 1.92. The standard InChI is InChI=1S/C10H12IN3O/c1-2-3-4-14-10-7(5-13-14)9(15)8(11)6-12-10/h5-6H,2-4H2,1H3,(H,12,15). The number of unbranched alkanes of at least 4 members (excludes halogenated alkanes) is 1. The molecule has 0 fully saturated rings. The van der Waals surface area contributed by atoms with Crippen LogP contribution in [0.5, 0.6) is 0 Å². The highest BCUT2D eigenvalue weighted by atomic mass is 127. The number of nitrogens with one attached hydrogen (secondary N) is 1. The SMILES string of the molecule is CCCCn1ncc2c(=O)c(I)c[nH]c21. The molecule has 0 unspecified atom stereocenters. The number of aromatic amines is 1. The zero-order valence-corrected chi connectivity index (χ0v) is 10.6. The molecule has 2 aromatic heterocycles. The fourth-order valence-corrected chi connectivity index (χ4v) is 1.95. The normalized spacial score (nSPS) is 11.1. The molecule has 0 aromatic carbocycles. The lowest BCUT2D eigenvalue weighted by Gasteiger charge is -2.01. The third-order valence-corrected chi connectivity index (χ3v) is 3.16. The summed E-state index contributed by atoms with van der Waals surface area (Å²) in [7, 11) is 0. The zero-order chi connectivity index (χ0) is 10.8. The number of rotatable bonds is 3. The summed E-state index contributed by atoms with van der Waals surface area (Å²) in [5, 5.41) is 4.90. The highest BCUT2D eigenvalue weighted by Gasteiger charge is 2.07. The van der Waals surface area contributed by atoms with Gasteiger partial charge in [0.15, 0.2) is 0 Å². The third-order valence-electron chi connectivity index (χ3n) is 2.36. The Bertz CT molecular complexity index is 529. The Morgan fingerprint density at radius 2 is 2.40 bits per heavy atom. The topological polar surface area (TPSA) is 50.7 Å². The van der Waals surface area contributed by atoms with Crippen molar-refractivity contribution >= 4 is 33.6 Å². The molecule has 0 radical (unpaired) electrons. The summed E-state index contributed by atoms with van der Waals surface area (Å²) in [6.07, 6.45) is 5.57. The predicted molar refractivity (Wildman–Crippen MR) is 68.0 cm³/mol. The van der Waals surface area contributed by atoms with E-state index in [0.717, 1.165) is 25.0 Å². The molecule has 0 saturated heterocycles. The van der Waals surface area contributed by atoms with E-state index >= 15 is 0 Å². The first kappa shape index (κ1) is 10.7. The summed E-state index contributed by atoms with van der Waals surface area (Å²) in [4.78, 5) is 14.8. The zero-order valence-electron chi connectivity index (χ0n) is 8.46. The molecule has 0 aliphatic carbocycles. The van der Waals surface area contributed by atoms with E-state index in [9.17, 15) is 4.79 Å². The van der Waals surface area contributed by atoms with Gasteiger partial charge in [-0.25, -0.2) is 4.68 Å². The van der Waals surface area contributed by atoms with Crippen LogP contribution in [0.4, 0.5) is 0 Å². The summed E-state index contributed by atoms with van der Waals surface area (Å²) in [5.74, 6) is 0. The van der Waals surface area contributed by atoms with Crippen LogP contribution in [-0.2, 0) is 6.54 Å². The van der Waals surface area contributed by atoms with Gasteiger partial charge in [-0.15, -0.1) is 0 Å². The minimum absolute atomic E-state index is 0.0621. The summed E-state index contributed by atoms with van der Waals surface area (Å²) < 4.78 is 2.56. The quantitative estimate of drug-likeness (QED) is 0.882. The summed E-state index contributed by atoms with van der Waals surface area (Å²) in [6, 6.07) is 0. The highest BCUT2D eigenvalue weighted by molar-refractivity contribution is 14.1. The van der Waals surface area contributed by atoms with E-state index in [4.69, 9.17) is 0 Å². The number of fused-ring (bicyclic) bond motifs is 1. The minimum atomic E-state index is 0.0621. The molecule has 0 saturated carbocycles. The molecule has 0 bridgehead atoms. The van der Waals surface area contributed by atoms with E-state index in [-0.39, 0.29) is 5.43 Å². The van der Waals surface area contributed by atoms with E-state index in [2.05, 4.69) is 17.0 Å². The van der Waals surface area contributed by atoms with Crippen LogP contribution in [0.2, 0.25) is 0 Å². The van der Waals surface area contributed by atoms with Gasteiger partial charge in [0, 0.05) is 12.7 Å². The maximum absolute atomic E-state index is 11.7. The van der Waals surface area contributed by atoms with Crippen molar-refractivity contribution in [2.24, 2.45) is 0 Å². The van der Waals surface area contributed by atoms with Gasteiger partial charge in [-0.3, -0.25) is 4.79 Å². The van der Waals surface area contributed by atoms with Gasteiger partial charge in [0.05, 0.1) is 15.2 Å². The Morgan fingerprint density at radius 3 is 3.13 bits per heavy atom. The number of aromatic nitrogens is 3. The average Bonchev–Trinajstić information content (AvgIpc) is 2.64. The number of H-pyrrole nitrogens is 1. The largest absolute Gasteiger partial charge is 0.345 e. The van der Waals surface area contributed by atoms with Crippen LogP contribution in [0.15, 0.2) is 17.2 Å². The van der Waals surface area contributed by atoms with Gasteiger partial charge in [0.25, 0.3) is 0 Å². The lowest BCUT2D eigenvalue weighted by Crippen LogP contribution is -2.07. The van der Waals surface area contributed by atoms with Crippen LogP contribution >= 0.6 is 22.6 Å². The molecule has 2 aromatic rings. The van der Waals surface area contributed by atoms with Gasteiger partial charge in [0.1, 0.15) is 5.65 Å². The molecule has 0 amide bonds. The average molecular weight is 317 g/mol. The van der Waals surface area contributed by atoms with Crippen LogP contribution in [0.3, 0.4) is 0 Å². The number of pyridine rings is 1. The Kier molecular flexibility index (Phi) is 3.08. The van der Waals surface area contributed by atoms with Gasteiger partial charge in [-0.05, 0) is 29.0 Å². The second-order valence-corrected chi connectivity index (χ2v) is 4.61. The molecule has 2 heterocycles. The van der Waals surface area contributed by atoms with E-state index < -0.39 is 0 Å². The van der Waals surface area contributed by atoms with Crippen molar-refractivity contribution in [2.45, 2.75) is 26.3 Å². The smallest absolute Gasteiger partial charge is 0.205 e. The molecule has 15 heavy (non-hydrogen) atoms. The Labute approximate surface area is 101 Å².